The average molecular weight is 328 g/mol. The summed E-state index contributed by atoms with van der Waals surface area (Å²) in [4.78, 5) is 13.1. The van der Waals surface area contributed by atoms with E-state index in [-0.39, 0.29) is 11.3 Å². The minimum atomic E-state index is -1.28. The average Bonchev–Trinajstić information content (AvgIpc) is 2.52. The molecule has 0 aromatic heterocycles. The molecule has 0 bridgehead atoms. The van der Waals surface area contributed by atoms with Crippen LogP contribution in [-0.2, 0) is 15.6 Å². The van der Waals surface area contributed by atoms with Crippen LogP contribution in [0.3, 0.4) is 0 Å². The van der Waals surface area contributed by atoms with E-state index in [4.69, 9.17) is 0 Å². The Balaban J connectivity index is 2.42. The molecule has 122 valence electrons. The molecule has 0 saturated heterocycles. The molecule has 2 atom stereocenters. The number of hydrogen-bond donors (Lipinski definition) is 0. The number of aldehydes is 1. The molecule has 0 radical (unpaired) electrons. The van der Waals surface area contributed by atoms with Crippen LogP contribution >= 0.6 is 0 Å². The number of rotatable bonds is 5. The van der Waals surface area contributed by atoms with E-state index in [2.05, 4.69) is 20.8 Å². The highest BCUT2D eigenvalue weighted by molar-refractivity contribution is 7.85. The molecule has 0 aliphatic carbocycles. The van der Waals surface area contributed by atoms with Crippen LogP contribution in [0.25, 0.3) is 0 Å². The quantitative estimate of drug-likeness (QED) is 0.733. The van der Waals surface area contributed by atoms with Gasteiger partial charge in [0.15, 0.2) is 0 Å². The first-order valence-electron chi connectivity index (χ1n) is 7.84. The monoisotopic (exact) mass is 328 g/mol. The predicted octanol–water partition coefficient (Wildman–Crippen LogP) is 4.88. The molecule has 0 aliphatic rings. The van der Waals surface area contributed by atoms with Gasteiger partial charge in [-0.1, -0.05) is 56.7 Å². The molecule has 1 unspecified atom stereocenters. The topological polar surface area (TPSA) is 34.1 Å². The Morgan fingerprint density at radius 2 is 1.65 bits per heavy atom. The van der Waals surface area contributed by atoms with E-state index in [9.17, 15) is 9.00 Å². The van der Waals surface area contributed by atoms with Gasteiger partial charge >= 0.3 is 0 Å². The van der Waals surface area contributed by atoms with Crippen LogP contribution in [0.1, 0.15) is 44.2 Å². The summed E-state index contributed by atoms with van der Waals surface area (Å²) >= 11 is 0. The van der Waals surface area contributed by atoms with Crippen LogP contribution in [0.4, 0.5) is 0 Å². The summed E-state index contributed by atoms with van der Waals surface area (Å²) in [6.07, 6.45) is 1.72. The van der Waals surface area contributed by atoms with E-state index in [1.807, 2.05) is 55.5 Å². The van der Waals surface area contributed by atoms with Crippen LogP contribution in [0.5, 0.6) is 0 Å². The van der Waals surface area contributed by atoms with Gasteiger partial charge in [0.05, 0.1) is 10.8 Å². The molecule has 23 heavy (non-hydrogen) atoms. The second kappa shape index (κ2) is 7.22. The fourth-order valence-corrected chi connectivity index (χ4v) is 3.91. The number of hydrogen-bond acceptors (Lipinski definition) is 2. The number of carbonyl (C=O) groups is 1. The van der Waals surface area contributed by atoms with Gasteiger partial charge in [0.25, 0.3) is 0 Å². The maximum atomic E-state index is 13.0. The number of carbonyl (C=O) groups excluding carboxylic acids is 1. The van der Waals surface area contributed by atoms with E-state index in [0.717, 1.165) is 33.6 Å². The first-order valence-corrected chi connectivity index (χ1v) is 8.99. The fourth-order valence-electron chi connectivity index (χ4n) is 2.64. The molecule has 2 aromatic carbocycles. The third kappa shape index (κ3) is 4.61. The highest BCUT2D eigenvalue weighted by Crippen LogP contribution is 2.33. The van der Waals surface area contributed by atoms with Crippen molar-refractivity contribution >= 4 is 17.1 Å². The Hall–Kier alpha value is -1.74. The van der Waals surface area contributed by atoms with Crippen molar-refractivity contribution in [3.63, 3.8) is 0 Å². The Labute approximate surface area is 141 Å². The lowest BCUT2D eigenvalue weighted by molar-refractivity contribution is -0.109. The maximum absolute atomic E-state index is 13.0. The molecular weight excluding hydrogens is 304 g/mol. The molecule has 0 amide bonds. The van der Waals surface area contributed by atoms with Crippen LogP contribution in [0.2, 0.25) is 0 Å². The van der Waals surface area contributed by atoms with E-state index in [0.29, 0.717) is 0 Å². The maximum Gasteiger partial charge on any atom is 0.127 e. The summed E-state index contributed by atoms with van der Waals surface area (Å²) in [5.41, 5.74) is 2.04. The molecule has 0 spiro atoms. The minimum Gasteiger partial charge on any atom is -0.303 e. The molecule has 0 fully saturated rings. The van der Waals surface area contributed by atoms with Crippen LogP contribution in [-0.4, -0.2) is 10.5 Å². The third-order valence-electron chi connectivity index (χ3n) is 3.75. The SMILES string of the molecule is Cc1ccc(S(=O)c2ccccc2[C@@H](C=O)CC(C)(C)C)cc1. The molecule has 0 heterocycles. The fraction of sp³-hybridized carbons (Fsp3) is 0.350. The predicted molar refractivity (Wildman–Crippen MR) is 95.2 cm³/mol. The van der Waals surface area contributed by atoms with Gasteiger partial charge in [0.1, 0.15) is 6.29 Å². The molecule has 0 saturated carbocycles. The zero-order valence-electron chi connectivity index (χ0n) is 14.2. The number of benzene rings is 2. The van der Waals surface area contributed by atoms with Gasteiger partial charge in [-0.05, 0) is 42.5 Å². The van der Waals surface area contributed by atoms with Gasteiger partial charge in [-0.25, -0.2) is 4.21 Å². The summed E-state index contributed by atoms with van der Waals surface area (Å²) in [7, 11) is -1.28. The van der Waals surface area contributed by atoms with Crippen molar-refractivity contribution in [1.82, 2.24) is 0 Å². The van der Waals surface area contributed by atoms with E-state index in [1.165, 1.54) is 0 Å². The molecular formula is C20H24O2S. The second-order valence-electron chi connectivity index (χ2n) is 7.13. The van der Waals surface area contributed by atoms with Crippen LogP contribution in [0.15, 0.2) is 58.3 Å². The van der Waals surface area contributed by atoms with Crippen molar-refractivity contribution < 1.29 is 9.00 Å². The summed E-state index contributed by atoms with van der Waals surface area (Å²) in [5.74, 6) is -0.236. The van der Waals surface area contributed by atoms with E-state index < -0.39 is 10.8 Å². The number of aryl methyl sites for hydroxylation is 1. The second-order valence-corrected chi connectivity index (χ2v) is 8.58. The van der Waals surface area contributed by atoms with Crippen molar-refractivity contribution in [3.8, 4) is 0 Å². The van der Waals surface area contributed by atoms with Crippen molar-refractivity contribution in [1.29, 1.82) is 0 Å². The zero-order valence-corrected chi connectivity index (χ0v) is 15.0. The molecule has 2 nitrogen and oxygen atoms in total. The van der Waals surface area contributed by atoms with E-state index in [1.54, 1.807) is 0 Å². The summed E-state index contributed by atoms with van der Waals surface area (Å²) in [6.45, 7) is 8.35. The Morgan fingerprint density at radius 3 is 2.22 bits per heavy atom. The third-order valence-corrected chi connectivity index (χ3v) is 5.22. The van der Waals surface area contributed by atoms with Crippen molar-refractivity contribution in [3.05, 3.63) is 59.7 Å². The summed E-state index contributed by atoms with van der Waals surface area (Å²) < 4.78 is 13.0. The molecule has 2 rings (SSSR count). The smallest absolute Gasteiger partial charge is 0.127 e. The zero-order chi connectivity index (χ0) is 17.0. The molecule has 3 heteroatoms. The normalized spacial score (nSPS) is 14.3. The lowest BCUT2D eigenvalue weighted by Crippen LogP contribution is -2.15. The first-order chi connectivity index (χ1) is 10.8. The molecule has 0 aliphatic heterocycles. The summed E-state index contributed by atoms with van der Waals surface area (Å²) in [5, 5.41) is 0. The first kappa shape index (κ1) is 17.6. The van der Waals surface area contributed by atoms with Crippen molar-refractivity contribution in [2.75, 3.05) is 0 Å². The molecule has 2 aromatic rings. The summed E-state index contributed by atoms with van der Waals surface area (Å²) in [6, 6.07) is 15.3. The van der Waals surface area contributed by atoms with Crippen LogP contribution < -0.4 is 0 Å². The minimum absolute atomic E-state index is 0.0318. The Morgan fingerprint density at radius 1 is 1.04 bits per heavy atom. The van der Waals surface area contributed by atoms with Crippen molar-refractivity contribution in [2.45, 2.75) is 49.8 Å². The van der Waals surface area contributed by atoms with Crippen LogP contribution in [0, 0.1) is 12.3 Å². The highest BCUT2D eigenvalue weighted by atomic mass is 32.2. The van der Waals surface area contributed by atoms with Gasteiger partial charge in [-0.15, -0.1) is 0 Å². The van der Waals surface area contributed by atoms with Crippen molar-refractivity contribution in [2.24, 2.45) is 5.41 Å². The molecule has 0 N–H and O–H groups in total. The lowest BCUT2D eigenvalue weighted by atomic mass is 9.82. The van der Waals surface area contributed by atoms with Gasteiger partial charge in [-0.2, -0.15) is 0 Å². The van der Waals surface area contributed by atoms with Gasteiger partial charge in [0.2, 0.25) is 0 Å². The van der Waals surface area contributed by atoms with Gasteiger partial charge in [0, 0.05) is 15.7 Å². The Kier molecular flexibility index (Phi) is 5.53. The standard InChI is InChI=1S/C20H24O2S/c1-15-9-11-17(12-10-15)23(22)19-8-6-5-7-18(19)16(14-21)13-20(2,3)4/h5-12,14,16H,13H2,1-4H3/t16-,23?/m1/s1. The van der Waals surface area contributed by atoms with Gasteiger partial charge < -0.3 is 4.79 Å². The van der Waals surface area contributed by atoms with Gasteiger partial charge in [-0.3, -0.25) is 0 Å². The lowest BCUT2D eigenvalue weighted by Gasteiger charge is -2.24. The van der Waals surface area contributed by atoms with E-state index >= 15 is 0 Å². The Bertz CT molecular complexity index is 696. The highest BCUT2D eigenvalue weighted by Gasteiger charge is 2.23. The largest absolute Gasteiger partial charge is 0.303 e.